The monoisotopic (exact) mass is 325 g/mol. The normalized spacial score (nSPS) is 17.9. The zero-order valence-corrected chi connectivity index (χ0v) is 13.9. The molecule has 0 bridgehead atoms. The average molecular weight is 325 g/mol. The van der Waals surface area contributed by atoms with Crippen LogP contribution >= 0.6 is 0 Å². The molecule has 0 saturated carbocycles. The first-order chi connectivity index (χ1) is 11.1. The Bertz CT molecular complexity index is 474. The van der Waals surface area contributed by atoms with Crippen LogP contribution in [0, 0.1) is 0 Å². The molecular formula is C17H27NO5. The molecule has 1 aliphatic heterocycles. The van der Waals surface area contributed by atoms with Crippen molar-refractivity contribution in [1.82, 2.24) is 4.90 Å². The van der Waals surface area contributed by atoms with Gasteiger partial charge in [0.25, 0.3) is 0 Å². The maximum absolute atomic E-state index is 10.1. The second-order valence-corrected chi connectivity index (χ2v) is 5.88. The van der Waals surface area contributed by atoms with Gasteiger partial charge in [0.05, 0.1) is 39.6 Å². The lowest BCUT2D eigenvalue weighted by Gasteiger charge is -2.30. The molecular weight excluding hydrogens is 298 g/mol. The zero-order valence-electron chi connectivity index (χ0n) is 13.9. The van der Waals surface area contributed by atoms with E-state index in [4.69, 9.17) is 14.2 Å². The number of aliphatic hydroxyl groups excluding tert-OH is 2. The standard InChI is InChI=1S/C17H27NO5/c1-21-16-3-4-17(22-2)13(9-16)11-23-12-15(20)10-18-7-5-14(19)6-8-18/h3-4,9,14-15,19-20H,5-8,10-12H2,1-2H3. The van der Waals surface area contributed by atoms with Crippen molar-refractivity contribution in [3.05, 3.63) is 23.8 Å². The summed E-state index contributed by atoms with van der Waals surface area (Å²) in [5.74, 6) is 1.49. The summed E-state index contributed by atoms with van der Waals surface area (Å²) in [5, 5.41) is 19.6. The van der Waals surface area contributed by atoms with Gasteiger partial charge < -0.3 is 29.3 Å². The fourth-order valence-electron chi connectivity index (χ4n) is 2.75. The molecule has 1 aromatic rings. The van der Waals surface area contributed by atoms with Gasteiger partial charge in [-0.25, -0.2) is 0 Å². The number of piperidine rings is 1. The molecule has 23 heavy (non-hydrogen) atoms. The van der Waals surface area contributed by atoms with E-state index in [0.717, 1.165) is 43.0 Å². The van der Waals surface area contributed by atoms with Gasteiger partial charge in [0.1, 0.15) is 11.5 Å². The van der Waals surface area contributed by atoms with Gasteiger partial charge in [0.15, 0.2) is 0 Å². The molecule has 0 radical (unpaired) electrons. The van der Waals surface area contributed by atoms with E-state index in [9.17, 15) is 10.2 Å². The Morgan fingerprint density at radius 3 is 2.61 bits per heavy atom. The van der Waals surface area contributed by atoms with Crippen LogP contribution in [0.1, 0.15) is 18.4 Å². The molecule has 0 spiro atoms. The summed E-state index contributed by atoms with van der Waals surface area (Å²) in [6.07, 6.45) is 0.811. The third kappa shape index (κ3) is 5.66. The molecule has 1 atom stereocenters. The average Bonchev–Trinajstić information content (AvgIpc) is 2.57. The number of methoxy groups -OCH3 is 2. The van der Waals surface area contributed by atoms with Gasteiger partial charge in [-0.3, -0.25) is 0 Å². The lowest BCUT2D eigenvalue weighted by atomic mass is 10.1. The van der Waals surface area contributed by atoms with E-state index < -0.39 is 6.10 Å². The highest BCUT2D eigenvalue weighted by Crippen LogP contribution is 2.24. The van der Waals surface area contributed by atoms with E-state index in [0.29, 0.717) is 13.2 Å². The Kier molecular flexibility index (Phi) is 7.11. The number of β-amino-alcohol motifs (C(OH)–C–C–N with tert-alkyl or cyclic N) is 1. The topological polar surface area (TPSA) is 71.4 Å². The fraction of sp³-hybridized carbons (Fsp3) is 0.647. The Hall–Kier alpha value is -1.34. The van der Waals surface area contributed by atoms with Gasteiger partial charge in [-0.1, -0.05) is 0 Å². The van der Waals surface area contributed by atoms with Crippen LogP contribution in [-0.2, 0) is 11.3 Å². The highest BCUT2D eigenvalue weighted by molar-refractivity contribution is 5.39. The molecule has 130 valence electrons. The summed E-state index contributed by atoms with van der Waals surface area (Å²) in [6.45, 7) is 2.83. The lowest BCUT2D eigenvalue weighted by molar-refractivity contribution is -0.00281. The van der Waals surface area contributed by atoms with Gasteiger partial charge in [-0.05, 0) is 31.0 Å². The van der Waals surface area contributed by atoms with E-state index in [1.54, 1.807) is 14.2 Å². The van der Waals surface area contributed by atoms with E-state index >= 15 is 0 Å². The largest absolute Gasteiger partial charge is 0.497 e. The maximum Gasteiger partial charge on any atom is 0.124 e. The highest BCUT2D eigenvalue weighted by Gasteiger charge is 2.19. The quantitative estimate of drug-likeness (QED) is 0.744. The van der Waals surface area contributed by atoms with Crippen molar-refractivity contribution in [3.8, 4) is 11.5 Å². The number of ether oxygens (including phenoxy) is 3. The summed E-state index contributed by atoms with van der Waals surface area (Å²) < 4.78 is 16.1. The molecule has 6 nitrogen and oxygen atoms in total. The number of nitrogens with zero attached hydrogens (tertiary/aromatic N) is 1. The molecule has 0 aromatic heterocycles. The summed E-state index contributed by atoms with van der Waals surface area (Å²) in [6, 6.07) is 5.55. The molecule has 1 saturated heterocycles. The zero-order chi connectivity index (χ0) is 16.7. The highest BCUT2D eigenvalue weighted by atomic mass is 16.5. The molecule has 1 unspecified atom stereocenters. The minimum Gasteiger partial charge on any atom is -0.497 e. The van der Waals surface area contributed by atoms with Gasteiger partial charge in [0.2, 0.25) is 0 Å². The predicted octanol–water partition coefficient (Wildman–Crippen LogP) is 1.04. The van der Waals surface area contributed by atoms with E-state index in [2.05, 4.69) is 4.90 Å². The fourth-order valence-corrected chi connectivity index (χ4v) is 2.75. The maximum atomic E-state index is 10.1. The Balaban J connectivity index is 1.75. The summed E-state index contributed by atoms with van der Waals surface area (Å²) >= 11 is 0. The van der Waals surface area contributed by atoms with Crippen molar-refractivity contribution in [2.45, 2.75) is 31.7 Å². The number of benzene rings is 1. The predicted molar refractivity (Wildman–Crippen MR) is 86.9 cm³/mol. The number of rotatable bonds is 8. The molecule has 1 aromatic carbocycles. The summed E-state index contributed by atoms with van der Waals surface area (Å²) in [7, 11) is 3.23. The second kappa shape index (κ2) is 9.08. The second-order valence-electron chi connectivity index (χ2n) is 5.88. The van der Waals surface area contributed by atoms with Crippen LogP contribution in [-0.4, -0.2) is 67.8 Å². The minimum atomic E-state index is -0.540. The first-order valence-corrected chi connectivity index (χ1v) is 7.99. The van der Waals surface area contributed by atoms with Gasteiger partial charge in [-0.15, -0.1) is 0 Å². The lowest BCUT2D eigenvalue weighted by Crippen LogP contribution is -2.41. The van der Waals surface area contributed by atoms with Crippen molar-refractivity contribution in [1.29, 1.82) is 0 Å². The van der Waals surface area contributed by atoms with Crippen LogP contribution in [0.2, 0.25) is 0 Å². The Labute approximate surface area is 137 Å². The third-order valence-electron chi connectivity index (χ3n) is 4.08. The SMILES string of the molecule is COc1ccc(OC)c(COCC(O)CN2CCC(O)CC2)c1. The summed E-state index contributed by atoms with van der Waals surface area (Å²) in [4.78, 5) is 2.16. The smallest absolute Gasteiger partial charge is 0.124 e. The molecule has 1 aliphatic rings. The Morgan fingerprint density at radius 1 is 1.22 bits per heavy atom. The van der Waals surface area contributed by atoms with Crippen molar-refractivity contribution in [2.24, 2.45) is 0 Å². The molecule has 0 aliphatic carbocycles. The molecule has 1 fully saturated rings. The number of likely N-dealkylation sites (tertiary alicyclic amines) is 1. The van der Waals surface area contributed by atoms with Gasteiger partial charge in [0, 0.05) is 25.2 Å². The van der Waals surface area contributed by atoms with Crippen LogP contribution in [0.15, 0.2) is 18.2 Å². The molecule has 6 heteroatoms. The van der Waals surface area contributed by atoms with Crippen molar-refractivity contribution in [2.75, 3.05) is 40.5 Å². The third-order valence-corrected chi connectivity index (χ3v) is 4.08. The molecule has 0 amide bonds. The number of hydrogen-bond donors (Lipinski definition) is 2. The van der Waals surface area contributed by atoms with Gasteiger partial charge in [-0.2, -0.15) is 0 Å². The van der Waals surface area contributed by atoms with Crippen LogP contribution in [0.3, 0.4) is 0 Å². The molecule has 1 heterocycles. The first-order valence-electron chi connectivity index (χ1n) is 7.99. The Morgan fingerprint density at radius 2 is 1.96 bits per heavy atom. The van der Waals surface area contributed by atoms with Crippen molar-refractivity contribution >= 4 is 0 Å². The van der Waals surface area contributed by atoms with Crippen molar-refractivity contribution < 1.29 is 24.4 Å². The molecule has 2 N–H and O–H groups in total. The van der Waals surface area contributed by atoms with E-state index in [1.807, 2.05) is 18.2 Å². The van der Waals surface area contributed by atoms with Gasteiger partial charge >= 0.3 is 0 Å². The summed E-state index contributed by atoms with van der Waals surface area (Å²) in [5.41, 5.74) is 0.889. The van der Waals surface area contributed by atoms with Crippen molar-refractivity contribution in [3.63, 3.8) is 0 Å². The van der Waals surface area contributed by atoms with Crippen LogP contribution in [0.4, 0.5) is 0 Å². The first kappa shape index (κ1) is 18.0. The van der Waals surface area contributed by atoms with Crippen LogP contribution in [0.5, 0.6) is 11.5 Å². The van der Waals surface area contributed by atoms with E-state index in [-0.39, 0.29) is 12.7 Å². The van der Waals surface area contributed by atoms with Crippen LogP contribution in [0.25, 0.3) is 0 Å². The minimum absolute atomic E-state index is 0.194. The van der Waals surface area contributed by atoms with E-state index in [1.165, 1.54) is 0 Å². The number of aliphatic hydroxyl groups is 2. The number of hydrogen-bond acceptors (Lipinski definition) is 6. The van der Waals surface area contributed by atoms with Crippen LogP contribution < -0.4 is 9.47 Å². The molecule has 2 rings (SSSR count).